The number of hydrogen-bond donors (Lipinski definition) is 1. The zero-order chi connectivity index (χ0) is 27.4. The summed E-state index contributed by atoms with van der Waals surface area (Å²) >= 11 is 0. The predicted molar refractivity (Wildman–Crippen MR) is 145 cm³/mol. The monoisotopic (exact) mass is 516 g/mol. The van der Waals surface area contributed by atoms with Gasteiger partial charge in [0.2, 0.25) is 11.8 Å². The molecule has 1 aliphatic heterocycles. The zero-order valence-corrected chi connectivity index (χ0v) is 21.7. The molecule has 9 heteroatoms. The second kappa shape index (κ2) is 11.4. The fourth-order valence-electron chi connectivity index (χ4n) is 4.27. The van der Waals surface area contributed by atoms with Crippen LogP contribution in [-0.4, -0.2) is 62.7 Å². The Morgan fingerprint density at radius 2 is 1.74 bits per heavy atom. The zero-order valence-electron chi connectivity index (χ0n) is 21.7. The average molecular weight is 517 g/mol. The molecule has 1 aliphatic rings. The Morgan fingerprint density at radius 1 is 1.00 bits per heavy atom. The molecular formula is C29H29FN4O4. The molecule has 38 heavy (non-hydrogen) atoms. The minimum absolute atomic E-state index is 0.132. The maximum atomic E-state index is 15.1. The number of likely N-dealkylation sites (N-methyl/N-ethyl adjacent to an activating group) is 2. The van der Waals surface area contributed by atoms with Gasteiger partial charge in [0.1, 0.15) is 11.7 Å². The number of hydrogen-bond acceptors (Lipinski definition) is 6. The van der Waals surface area contributed by atoms with E-state index in [1.165, 1.54) is 24.1 Å². The molecule has 0 aliphatic carbocycles. The van der Waals surface area contributed by atoms with Crippen molar-refractivity contribution in [2.75, 3.05) is 44.5 Å². The van der Waals surface area contributed by atoms with Crippen LogP contribution in [0.2, 0.25) is 0 Å². The minimum Gasteiger partial charge on any atom is -0.462 e. The highest BCUT2D eigenvalue weighted by atomic mass is 19.1. The largest absolute Gasteiger partial charge is 0.462 e. The maximum absolute atomic E-state index is 15.1. The summed E-state index contributed by atoms with van der Waals surface area (Å²) in [5, 5.41) is 2.83. The minimum atomic E-state index is -0.782. The molecule has 1 unspecified atom stereocenters. The first-order chi connectivity index (χ1) is 18.2. The highest BCUT2D eigenvalue weighted by Gasteiger charge is 2.36. The van der Waals surface area contributed by atoms with Gasteiger partial charge < -0.3 is 19.9 Å². The molecule has 1 N–H and O–H groups in total. The van der Waals surface area contributed by atoms with Crippen LogP contribution < -0.4 is 10.2 Å². The van der Waals surface area contributed by atoms with Gasteiger partial charge in [0.25, 0.3) is 0 Å². The fourth-order valence-corrected chi connectivity index (χ4v) is 4.27. The smallest absolute Gasteiger partial charge is 0.338 e. The fraction of sp³-hybridized carbons (Fsp3) is 0.241. The van der Waals surface area contributed by atoms with E-state index in [9.17, 15) is 14.4 Å². The average Bonchev–Trinajstić information content (AvgIpc) is 3.21. The number of nitrogens with one attached hydrogen (secondary N) is 1. The lowest BCUT2D eigenvalue weighted by molar-refractivity contribution is -0.119. The van der Waals surface area contributed by atoms with Crippen molar-refractivity contribution < 1.29 is 23.5 Å². The van der Waals surface area contributed by atoms with E-state index in [1.807, 2.05) is 30.3 Å². The molecule has 8 nitrogen and oxygen atoms in total. The summed E-state index contributed by atoms with van der Waals surface area (Å²) in [6, 6.07) is 18.4. The van der Waals surface area contributed by atoms with Crippen molar-refractivity contribution in [2.45, 2.75) is 12.8 Å². The number of benzene rings is 3. The second-order valence-electron chi connectivity index (χ2n) is 9.13. The van der Waals surface area contributed by atoms with E-state index in [2.05, 4.69) is 5.32 Å². The van der Waals surface area contributed by atoms with Gasteiger partial charge in [-0.1, -0.05) is 36.4 Å². The molecule has 3 aromatic carbocycles. The Bertz CT molecular complexity index is 1400. The summed E-state index contributed by atoms with van der Waals surface area (Å²) in [5.74, 6) is -2.43. The molecule has 0 aromatic heterocycles. The molecular weight excluding hydrogens is 487 g/mol. The predicted octanol–water partition coefficient (Wildman–Crippen LogP) is 4.38. The number of nitrogens with zero attached hydrogens (tertiary/aromatic N) is 3. The first-order valence-corrected chi connectivity index (χ1v) is 12.2. The number of rotatable bonds is 8. The van der Waals surface area contributed by atoms with Crippen LogP contribution in [0.4, 0.5) is 21.5 Å². The molecule has 0 saturated heterocycles. The van der Waals surface area contributed by atoms with Crippen LogP contribution in [0.15, 0.2) is 71.7 Å². The molecule has 4 rings (SSSR count). The summed E-state index contributed by atoms with van der Waals surface area (Å²) in [7, 11) is 5.05. The summed E-state index contributed by atoms with van der Waals surface area (Å²) < 4.78 is 20.2. The molecule has 0 fully saturated rings. The molecule has 1 atom stereocenters. The third-order valence-electron chi connectivity index (χ3n) is 6.11. The SMILES string of the molecule is CCOC(=O)c1ccc2c(c1)NC(=O)C2C(=Nc1ccc(N(C)C(=O)CN(C)C)c(F)c1)c1ccccc1. The highest BCUT2D eigenvalue weighted by molar-refractivity contribution is 6.24. The standard InChI is InChI=1S/C29H29FN4O4/c1-5-38-29(37)19-11-13-21-23(15-19)32-28(36)26(21)27(18-9-7-6-8-10-18)31-20-12-14-24(22(30)16-20)34(4)25(35)17-33(2)3/h6-16,26H,5,17H2,1-4H3,(H,32,36). The molecule has 0 saturated carbocycles. The Balaban J connectivity index is 1.74. The molecule has 0 spiro atoms. The van der Waals surface area contributed by atoms with Crippen LogP contribution in [0, 0.1) is 5.82 Å². The van der Waals surface area contributed by atoms with E-state index >= 15 is 4.39 Å². The normalized spacial score (nSPS) is 14.7. The van der Waals surface area contributed by atoms with Crippen LogP contribution in [0.1, 0.15) is 34.3 Å². The van der Waals surface area contributed by atoms with Crippen LogP contribution in [0.5, 0.6) is 0 Å². The van der Waals surface area contributed by atoms with E-state index < -0.39 is 17.7 Å². The number of amides is 2. The van der Waals surface area contributed by atoms with Crippen LogP contribution in [0.3, 0.4) is 0 Å². The summed E-state index contributed by atoms with van der Waals surface area (Å²) in [4.78, 5) is 45.5. The lowest BCUT2D eigenvalue weighted by atomic mass is 9.90. The van der Waals surface area contributed by atoms with E-state index in [0.29, 0.717) is 33.8 Å². The van der Waals surface area contributed by atoms with Gasteiger partial charge in [-0.3, -0.25) is 14.6 Å². The van der Waals surface area contributed by atoms with Gasteiger partial charge in [-0.15, -0.1) is 0 Å². The van der Waals surface area contributed by atoms with Crippen molar-refractivity contribution in [1.29, 1.82) is 0 Å². The quantitative estimate of drug-likeness (QED) is 0.354. The number of halogens is 1. The Hall–Kier alpha value is -4.37. The molecule has 0 radical (unpaired) electrons. The summed E-state index contributed by atoms with van der Waals surface area (Å²) in [6.45, 7) is 2.10. The van der Waals surface area contributed by atoms with E-state index in [1.54, 1.807) is 50.2 Å². The lowest BCUT2D eigenvalue weighted by Gasteiger charge is -2.20. The van der Waals surface area contributed by atoms with Gasteiger partial charge in [-0.05, 0) is 56.4 Å². The van der Waals surface area contributed by atoms with Crippen molar-refractivity contribution in [3.05, 3.63) is 89.2 Å². The van der Waals surface area contributed by atoms with Crippen LogP contribution >= 0.6 is 0 Å². The third kappa shape index (κ3) is 5.63. The van der Waals surface area contributed by atoms with Gasteiger partial charge in [0, 0.05) is 18.8 Å². The van der Waals surface area contributed by atoms with Crippen molar-refractivity contribution in [3.63, 3.8) is 0 Å². The number of carbonyl (C=O) groups is 3. The third-order valence-corrected chi connectivity index (χ3v) is 6.11. The maximum Gasteiger partial charge on any atom is 0.338 e. The molecule has 196 valence electrons. The number of aliphatic imine (C=N–C) groups is 1. The van der Waals surface area contributed by atoms with Gasteiger partial charge in [0.05, 0.1) is 35.8 Å². The number of fused-ring (bicyclic) bond motifs is 1. The molecule has 2 amide bonds. The van der Waals surface area contributed by atoms with Gasteiger partial charge >= 0.3 is 5.97 Å². The van der Waals surface area contributed by atoms with E-state index in [-0.39, 0.29) is 30.7 Å². The van der Waals surface area contributed by atoms with Crippen molar-refractivity contribution in [3.8, 4) is 0 Å². The molecule has 1 heterocycles. The summed E-state index contributed by atoms with van der Waals surface area (Å²) in [6.07, 6.45) is 0. The molecule has 0 bridgehead atoms. The van der Waals surface area contributed by atoms with Crippen molar-refractivity contribution in [1.82, 2.24) is 4.90 Å². The first kappa shape index (κ1) is 26.7. The Morgan fingerprint density at radius 3 is 2.39 bits per heavy atom. The highest BCUT2D eigenvalue weighted by Crippen LogP contribution is 2.37. The Labute approximate surface area is 220 Å². The lowest BCUT2D eigenvalue weighted by Crippen LogP contribution is -2.35. The number of ether oxygens (including phenoxy) is 1. The number of carbonyl (C=O) groups excluding carboxylic acids is 3. The van der Waals surface area contributed by atoms with Gasteiger partial charge in [-0.2, -0.15) is 0 Å². The first-order valence-electron chi connectivity index (χ1n) is 12.2. The van der Waals surface area contributed by atoms with E-state index in [0.717, 1.165) is 0 Å². The molecule has 3 aromatic rings. The van der Waals surface area contributed by atoms with Gasteiger partial charge in [-0.25, -0.2) is 9.18 Å². The van der Waals surface area contributed by atoms with Crippen molar-refractivity contribution in [2.24, 2.45) is 4.99 Å². The number of anilines is 2. The second-order valence-corrected chi connectivity index (χ2v) is 9.13. The van der Waals surface area contributed by atoms with E-state index in [4.69, 9.17) is 9.73 Å². The summed E-state index contributed by atoms with van der Waals surface area (Å²) in [5.41, 5.74) is 3.02. The number of esters is 1. The Kier molecular flexibility index (Phi) is 7.97. The van der Waals surface area contributed by atoms with Crippen LogP contribution in [-0.2, 0) is 14.3 Å². The van der Waals surface area contributed by atoms with Gasteiger partial charge in [0.15, 0.2) is 0 Å². The topological polar surface area (TPSA) is 91.3 Å². The van der Waals surface area contributed by atoms with Crippen molar-refractivity contribution >= 4 is 40.6 Å². The van der Waals surface area contributed by atoms with Crippen LogP contribution in [0.25, 0.3) is 0 Å².